The van der Waals surface area contributed by atoms with E-state index in [-0.39, 0.29) is 0 Å². The normalized spacial score (nSPS) is 10.6. The van der Waals surface area contributed by atoms with Gasteiger partial charge in [-0.15, -0.1) is 0 Å². The summed E-state index contributed by atoms with van der Waals surface area (Å²) in [6.07, 6.45) is 1.10. The summed E-state index contributed by atoms with van der Waals surface area (Å²) in [4.78, 5) is 0. The van der Waals surface area contributed by atoms with Gasteiger partial charge in [0, 0.05) is 0 Å². The Kier molecular flexibility index (Phi) is 6.68. The van der Waals surface area contributed by atoms with E-state index in [9.17, 15) is 0 Å². The van der Waals surface area contributed by atoms with Crippen LogP contribution in [0, 0.1) is 41.5 Å². The fraction of sp³-hybridized carbons (Fsp3) is 0.429. The maximum absolute atomic E-state index is 6.48. The van der Waals surface area contributed by atoms with Crippen molar-refractivity contribution >= 4 is 0 Å². The Hall–Kier alpha value is -1.09. The van der Waals surface area contributed by atoms with Crippen LogP contribution in [-0.2, 0) is 22.3 Å². The molecule has 0 fully saturated rings. The van der Waals surface area contributed by atoms with Gasteiger partial charge in [0.25, 0.3) is 0 Å². The van der Waals surface area contributed by atoms with Crippen LogP contribution in [0.15, 0.2) is 24.3 Å². The van der Waals surface area contributed by atoms with Crippen molar-refractivity contribution in [3.05, 3.63) is 57.6 Å². The third-order valence-corrected chi connectivity index (χ3v) is 7.43. The fourth-order valence-electron chi connectivity index (χ4n) is 3.35. The molecule has 0 radical (unpaired) electrons. The first-order valence-corrected chi connectivity index (χ1v) is 11.6. The van der Waals surface area contributed by atoms with E-state index in [4.69, 9.17) is 5.71 Å². The molecule has 0 heterocycles. The van der Waals surface area contributed by atoms with E-state index < -0.39 is 22.3 Å². The first kappa shape index (κ1) is 19.2. The Bertz CT molecular complexity index is 616. The molecular weight excluding hydrogens is 329 g/mol. The summed E-state index contributed by atoms with van der Waals surface area (Å²) in [5, 5.41) is 0. The summed E-state index contributed by atoms with van der Waals surface area (Å²) in [6.45, 7) is 15.0. The van der Waals surface area contributed by atoms with Crippen molar-refractivity contribution in [1.82, 2.24) is 0 Å². The Morgan fingerprint density at radius 2 is 1.00 bits per heavy atom. The standard InChI is InChI=1S/2C9H12O.C3H7.Sc/c2*1-6-4-7(2)9(10)8(3)5-6;1-3-2;/h2*4-5,10H,1-3H3;1,3H2,2H3;/q;;;+2/p-2. The predicted molar refractivity (Wildman–Crippen MR) is 97.7 cm³/mol. The van der Waals surface area contributed by atoms with E-state index in [0.29, 0.717) is 0 Å². The van der Waals surface area contributed by atoms with Gasteiger partial charge in [0.15, 0.2) is 0 Å². The maximum atomic E-state index is 6.48. The van der Waals surface area contributed by atoms with E-state index in [1.807, 2.05) is 0 Å². The van der Waals surface area contributed by atoms with Gasteiger partial charge in [-0.25, -0.2) is 0 Å². The van der Waals surface area contributed by atoms with E-state index in [0.717, 1.165) is 22.1 Å². The average molecular weight is 358 g/mol. The molecule has 0 spiro atoms. The molecular formula is C21H29O2Sc. The zero-order valence-corrected chi connectivity index (χ0v) is 17.9. The summed E-state index contributed by atoms with van der Waals surface area (Å²) < 4.78 is 14.0. The van der Waals surface area contributed by atoms with Crippen molar-refractivity contribution < 1.29 is 28.0 Å². The molecule has 0 aliphatic heterocycles. The number of rotatable bonds is 6. The third kappa shape index (κ3) is 4.72. The van der Waals surface area contributed by atoms with Gasteiger partial charge >= 0.3 is 156 Å². The van der Waals surface area contributed by atoms with Crippen LogP contribution in [0.1, 0.15) is 46.7 Å². The van der Waals surface area contributed by atoms with Crippen molar-refractivity contribution in [2.75, 3.05) is 0 Å². The zero-order chi connectivity index (χ0) is 17.9. The van der Waals surface area contributed by atoms with Gasteiger partial charge in [0.1, 0.15) is 0 Å². The van der Waals surface area contributed by atoms with Gasteiger partial charge < -0.3 is 0 Å². The molecule has 3 heteroatoms. The van der Waals surface area contributed by atoms with E-state index in [1.165, 1.54) is 33.4 Å². The molecule has 2 aromatic carbocycles. The molecule has 0 aliphatic carbocycles. The molecule has 0 amide bonds. The van der Waals surface area contributed by atoms with Gasteiger partial charge in [0.05, 0.1) is 0 Å². The topological polar surface area (TPSA) is 18.5 Å². The van der Waals surface area contributed by atoms with E-state index in [1.54, 1.807) is 0 Å². The quantitative estimate of drug-likeness (QED) is 0.606. The van der Waals surface area contributed by atoms with Gasteiger partial charge in [-0.05, 0) is 0 Å². The van der Waals surface area contributed by atoms with Crippen LogP contribution in [0.4, 0.5) is 0 Å². The van der Waals surface area contributed by atoms with Crippen molar-refractivity contribution in [3.8, 4) is 11.5 Å². The van der Waals surface area contributed by atoms with Crippen LogP contribution < -0.4 is 5.71 Å². The zero-order valence-electron chi connectivity index (χ0n) is 16.1. The second kappa shape index (κ2) is 8.33. The number of aryl methyl sites for hydroxylation is 6. The van der Waals surface area contributed by atoms with Gasteiger partial charge in [-0.1, -0.05) is 0 Å². The molecule has 24 heavy (non-hydrogen) atoms. The molecule has 0 aliphatic rings. The molecule has 128 valence electrons. The first-order valence-electron chi connectivity index (χ1n) is 8.80. The van der Waals surface area contributed by atoms with Crippen molar-refractivity contribution in [2.45, 2.75) is 59.1 Å². The monoisotopic (exact) mass is 358 g/mol. The summed E-state index contributed by atoms with van der Waals surface area (Å²) >= 11 is -2.38. The summed E-state index contributed by atoms with van der Waals surface area (Å²) in [5.74, 6) is 2.06. The van der Waals surface area contributed by atoms with Crippen LogP contribution in [0.25, 0.3) is 0 Å². The average Bonchev–Trinajstić information content (AvgIpc) is 2.46. The molecule has 0 atom stereocenters. The molecule has 0 saturated heterocycles. The third-order valence-electron chi connectivity index (χ3n) is 4.23. The van der Waals surface area contributed by atoms with E-state index >= 15 is 0 Å². The second-order valence-electron chi connectivity index (χ2n) is 6.91. The minimum atomic E-state index is -2.38. The van der Waals surface area contributed by atoms with Gasteiger partial charge in [-0.3, -0.25) is 0 Å². The van der Waals surface area contributed by atoms with Crippen LogP contribution in [0.3, 0.4) is 0 Å². The Morgan fingerprint density at radius 1 is 0.667 bits per heavy atom. The van der Waals surface area contributed by atoms with Crippen molar-refractivity contribution in [2.24, 2.45) is 0 Å². The van der Waals surface area contributed by atoms with Gasteiger partial charge in [-0.2, -0.15) is 0 Å². The molecule has 0 bridgehead atoms. The number of hydrogen-bond acceptors (Lipinski definition) is 2. The predicted octanol–water partition coefficient (Wildman–Crippen LogP) is 6.27. The Morgan fingerprint density at radius 3 is 1.29 bits per heavy atom. The molecule has 0 saturated carbocycles. The summed E-state index contributed by atoms with van der Waals surface area (Å²) in [5.41, 5.74) is 7.40. The van der Waals surface area contributed by atoms with Crippen LogP contribution >= 0.6 is 0 Å². The SMILES string of the molecule is CC[CH2][Sc]([O]c1c(C)cc(C)cc1C)[O]c1c(C)cc(C)cc1C. The van der Waals surface area contributed by atoms with Crippen LogP contribution in [-0.4, -0.2) is 0 Å². The van der Waals surface area contributed by atoms with Crippen LogP contribution in [0.2, 0.25) is 4.18 Å². The molecule has 0 N–H and O–H groups in total. The molecule has 2 aromatic rings. The second-order valence-corrected chi connectivity index (χ2v) is 9.89. The molecule has 2 nitrogen and oxygen atoms in total. The number of benzene rings is 2. The van der Waals surface area contributed by atoms with E-state index in [2.05, 4.69) is 72.7 Å². The molecule has 0 unspecified atom stereocenters. The summed E-state index contributed by atoms with van der Waals surface area (Å²) in [7, 11) is 0. The van der Waals surface area contributed by atoms with Gasteiger partial charge in [0.2, 0.25) is 0 Å². The number of hydrogen-bond donors (Lipinski definition) is 0. The Labute approximate surface area is 155 Å². The molecule has 0 aromatic heterocycles. The summed E-state index contributed by atoms with van der Waals surface area (Å²) in [6, 6.07) is 8.76. The molecule has 2 rings (SSSR count). The van der Waals surface area contributed by atoms with Crippen LogP contribution in [0.5, 0.6) is 11.5 Å². The van der Waals surface area contributed by atoms with Crippen molar-refractivity contribution in [3.63, 3.8) is 0 Å². The minimum absolute atomic E-state index is 1.03. The Balaban J connectivity index is 2.28. The fourth-order valence-corrected chi connectivity index (χ4v) is 6.51. The first-order chi connectivity index (χ1) is 11.3. The van der Waals surface area contributed by atoms with Crippen molar-refractivity contribution in [1.29, 1.82) is 0 Å².